The summed E-state index contributed by atoms with van der Waals surface area (Å²) in [7, 11) is 4.37. The van der Waals surface area contributed by atoms with Gasteiger partial charge in [0.1, 0.15) is 17.1 Å². The van der Waals surface area contributed by atoms with E-state index in [4.69, 9.17) is 19.4 Å². The van der Waals surface area contributed by atoms with Gasteiger partial charge in [-0.2, -0.15) is 13.2 Å². The second-order valence-corrected chi connectivity index (χ2v) is 10.0. The van der Waals surface area contributed by atoms with Crippen LogP contribution >= 0.6 is 0 Å². The number of carboxylic acid groups (broad SMARTS) is 1. The maximum Gasteiger partial charge on any atom is 0.490 e. The van der Waals surface area contributed by atoms with Gasteiger partial charge in [-0.05, 0) is 55.1 Å². The Kier molecular flexibility index (Phi) is 8.12. The Balaban J connectivity index is 0.000000493. The molecular weight excluding hydrogens is 552 g/mol. The predicted octanol–water partition coefficient (Wildman–Crippen LogP) is 3.82. The van der Waals surface area contributed by atoms with Crippen LogP contribution in [0.25, 0.3) is 11.1 Å². The van der Waals surface area contributed by atoms with Crippen molar-refractivity contribution >= 4 is 23.8 Å². The molecule has 9 nitrogen and oxygen atoms in total. The molecule has 0 unspecified atom stereocenters. The number of amides is 2. The number of hydrogen-bond acceptors (Lipinski definition) is 7. The molecule has 0 aromatic heterocycles. The van der Waals surface area contributed by atoms with Crippen LogP contribution in [0.2, 0.25) is 0 Å². The Labute approximate surface area is 232 Å². The minimum Gasteiger partial charge on any atom is -0.496 e. The Morgan fingerprint density at radius 1 is 1.02 bits per heavy atom. The molecule has 0 saturated carbocycles. The third-order valence-corrected chi connectivity index (χ3v) is 7.99. The van der Waals surface area contributed by atoms with Gasteiger partial charge in [-0.1, -0.05) is 24.3 Å². The molecule has 0 radical (unpaired) electrons. The molecule has 0 spiro atoms. The highest BCUT2D eigenvalue weighted by Gasteiger charge is 2.72. The van der Waals surface area contributed by atoms with Gasteiger partial charge in [0.05, 0.1) is 26.1 Å². The number of halogens is 4. The zero-order valence-electron chi connectivity index (χ0n) is 22.4. The molecule has 0 aliphatic carbocycles. The van der Waals surface area contributed by atoms with E-state index in [1.54, 1.807) is 19.2 Å². The lowest BCUT2D eigenvalue weighted by Gasteiger charge is -2.44. The van der Waals surface area contributed by atoms with Crippen LogP contribution in [-0.4, -0.2) is 78.2 Å². The number of carbonyl (C=O) groups is 4. The van der Waals surface area contributed by atoms with Crippen LogP contribution in [0.15, 0.2) is 42.5 Å². The summed E-state index contributed by atoms with van der Waals surface area (Å²) in [5.41, 5.74) is 1.21. The predicted molar refractivity (Wildman–Crippen MR) is 135 cm³/mol. The molecular formula is C28H28F4N2O7. The van der Waals surface area contributed by atoms with Gasteiger partial charge >= 0.3 is 18.1 Å². The first kappa shape index (κ1) is 30.0. The number of fused-ring (bicyclic) bond motifs is 3. The Morgan fingerprint density at radius 3 is 2.22 bits per heavy atom. The number of esters is 1. The third kappa shape index (κ3) is 5.03. The van der Waals surface area contributed by atoms with Crippen molar-refractivity contribution < 1.29 is 51.3 Å². The van der Waals surface area contributed by atoms with Gasteiger partial charge < -0.3 is 14.6 Å². The Hall–Kier alpha value is -4.00. The fourth-order valence-electron chi connectivity index (χ4n) is 6.26. The van der Waals surface area contributed by atoms with E-state index < -0.39 is 41.5 Å². The highest BCUT2D eigenvalue weighted by molar-refractivity contribution is 6.09. The van der Waals surface area contributed by atoms with E-state index in [9.17, 15) is 31.9 Å². The average molecular weight is 581 g/mol. The van der Waals surface area contributed by atoms with Crippen molar-refractivity contribution in [2.75, 3.05) is 27.8 Å². The monoisotopic (exact) mass is 580 g/mol. The summed E-state index contributed by atoms with van der Waals surface area (Å²) in [6.07, 6.45) is -2.98. The first-order chi connectivity index (χ1) is 19.3. The van der Waals surface area contributed by atoms with E-state index in [0.29, 0.717) is 18.7 Å². The number of aliphatic carboxylic acids is 1. The molecule has 3 saturated heterocycles. The van der Waals surface area contributed by atoms with E-state index in [2.05, 4.69) is 0 Å². The molecule has 0 bridgehead atoms. The van der Waals surface area contributed by atoms with Gasteiger partial charge in [-0.25, -0.2) is 9.18 Å². The molecule has 41 heavy (non-hydrogen) atoms. The molecule has 3 aliphatic heterocycles. The molecule has 5 rings (SSSR count). The summed E-state index contributed by atoms with van der Waals surface area (Å²) < 4.78 is 56.1. The molecule has 4 atom stereocenters. The van der Waals surface area contributed by atoms with E-state index in [0.717, 1.165) is 34.4 Å². The molecule has 3 aliphatic rings. The number of carboxylic acids is 1. The molecule has 13 heteroatoms. The Bertz CT molecular complexity index is 1360. The number of benzene rings is 2. The van der Waals surface area contributed by atoms with Crippen LogP contribution < -0.4 is 4.74 Å². The van der Waals surface area contributed by atoms with Gasteiger partial charge in [0.15, 0.2) is 0 Å². The number of ether oxygens (including phenoxy) is 2. The second-order valence-electron chi connectivity index (χ2n) is 10.0. The third-order valence-electron chi connectivity index (χ3n) is 7.99. The molecule has 2 amide bonds. The van der Waals surface area contributed by atoms with Crippen LogP contribution in [0.5, 0.6) is 5.75 Å². The average Bonchev–Trinajstić information content (AvgIpc) is 3.38. The molecule has 3 fully saturated rings. The van der Waals surface area contributed by atoms with Crippen LogP contribution in [0.4, 0.5) is 17.6 Å². The first-order valence-corrected chi connectivity index (χ1v) is 12.7. The molecule has 3 heterocycles. The summed E-state index contributed by atoms with van der Waals surface area (Å²) in [5, 5.41) is 7.12. The zero-order valence-corrected chi connectivity index (χ0v) is 22.4. The van der Waals surface area contributed by atoms with Gasteiger partial charge in [-0.3, -0.25) is 24.2 Å². The fourth-order valence-corrected chi connectivity index (χ4v) is 6.26. The van der Waals surface area contributed by atoms with Gasteiger partial charge in [-0.15, -0.1) is 0 Å². The lowest BCUT2D eigenvalue weighted by atomic mass is 9.75. The van der Waals surface area contributed by atoms with Crippen molar-refractivity contribution in [2.45, 2.75) is 37.0 Å². The number of carbonyl (C=O) groups excluding carboxylic acids is 3. The molecule has 2 aromatic rings. The van der Waals surface area contributed by atoms with E-state index >= 15 is 0 Å². The van der Waals surface area contributed by atoms with Crippen molar-refractivity contribution in [1.29, 1.82) is 0 Å². The Morgan fingerprint density at radius 2 is 1.66 bits per heavy atom. The van der Waals surface area contributed by atoms with Gasteiger partial charge in [0, 0.05) is 18.7 Å². The summed E-state index contributed by atoms with van der Waals surface area (Å²) in [5.74, 6) is -5.05. The van der Waals surface area contributed by atoms with E-state index in [1.807, 2.05) is 23.1 Å². The highest BCUT2D eigenvalue weighted by Crippen LogP contribution is 2.58. The maximum absolute atomic E-state index is 13.4. The highest BCUT2D eigenvalue weighted by atomic mass is 19.4. The number of hydrogen-bond donors (Lipinski definition) is 1. The summed E-state index contributed by atoms with van der Waals surface area (Å²) in [6, 6.07) is 11.3. The van der Waals surface area contributed by atoms with Crippen LogP contribution in [0, 0.1) is 17.7 Å². The van der Waals surface area contributed by atoms with E-state index in [1.165, 1.54) is 26.3 Å². The lowest BCUT2D eigenvalue weighted by Crippen LogP contribution is -2.59. The van der Waals surface area contributed by atoms with Crippen molar-refractivity contribution in [1.82, 2.24) is 9.80 Å². The second kappa shape index (κ2) is 11.1. The van der Waals surface area contributed by atoms with Crippen molar-refractivity contribution in [2.24, 2.45) is 11.8 Å². The zero-order chi connectivity index (χ0) is 30.3. The largest absolute Gasteiger partial charge is 0.496 e. The fraction of sp³-hybridized carbons (Fsp3) is 0.429. The molecule has 220 valence electrons. The van der Waals surface area contributed by atoms with Crippen molar-refractivity contribution in [3.63, 3.8) is 0 Å². The minimum absolute atomic E-state index is 0.278. The number of methoxy groups -OCH3 is 2. The maximum atomic E-state index is 13.4. The van der Waals surface area contributed by atoms with Crippen LogP contribution in [0.3, 0.4) is 0 Å². The van der Waals surface area contributed by atoms with E-state index in [-0.39, 0.29) is 17.6 Å². The van der Waals surface area contributed by atoms with Crippen LogP contribution in [0.1, 0.15) is 30.9 Å². The minimum atomic E-state index is -5.08. The lowest BCUT2D eigenvalue weighted by molar-refractivity contribution is -0.192. The number of alkyl halides is 3. The summed E-state index contributed by atoms with van der Waals surface area (Å²) in [6.45, 7) is 0.582. The van der Waals surface area contributed by atoms with Crippen LogP contribution in [-0.2, 0) is 23.9 Å². The quantitative estimate of drug-likeness (QED) is 0.330. The summed E-state index contributed by atoms with van der Waals surface area (Å²) >= 11 is 0. The standard InChI is InChI=1S/C26H27FN2O5.C2HF3O2/c1-28-23(30)20-21(24(28)31)26(25(32)34-3)12-4-5-13-29(26)22(20)16-8-11-18(19(14-16)33-2)15-6-9-17(27)10-7-15;3-2(4,5)1(6)7/h6-11,14,20-22H,4-5,12-13H2,1-3H3;(H,6,7)/t20-,21-,22-,26+;/m1./s1. The number of piperidine rings is 1. The smallest absolute Gasteiger partial charge is 0.490 e. The van der Waals surface area contributed by atoms with Crippen molar-refractivity contribution in [3.8, 4) is 16.9 Å². The molecule has 2 aromatic carbocycles. The van der Waals surface area contributed by atoms with Gasteiger partial charge in [0.25, 0.3) is 0 Å². The number of nitrogens with zero attached hydrogens (tertiary/aromatic N) is 2. The number of rotatable bonds is 4. The van der Waals surface area contributed by atoms with Gasteiger partial charge in [0.2, 0.25) is 11.8 Å². The number of imide groups is 1. The summed E-state index contributed by atoms with van der Waals surface area (Å²) in [4.78, 5) is 51.9. The molecule has 1 N–H and O–H groups in total. The normalized spacial score (nSPS) is 25.6. The number of likely N-dealkylation sites (tertiary alicyclic amines) is 1. The van der Waals surface area contributed by atoms with Crippen molar-refractivity contribution in [3.05, 3.63) is 53.8 Å². The topological polar surface area (TPSA) is 113 Å². The first-order valence-electron chi connectivity index (χ1n) is 12.7. The SMILES string of the molecule is COC(=O)[C@@]12CCCCN1[C@H](c1ccc(-c3ccc(F)cc3)c(OC)c1)[C@@H]1C(=O)N(C)C(=O)[C@@H]12.O=C(O)C(F)(F)F.